The summed E-state index contributed by atoms with van der Waals surface area (Å²) in [4.78, 5) is 14.3. The highest BCUT2D eigenvalue weighted by Gasteiger charge is 2.26. The van der Waals surface area contributed by atoms with E-state index in [2.05, 4.69) is 31.9 Å². The number of ether oxygens (including phenoxy) is 1. The Morgan fingerprint density at radius 3 is 3.00 bits per heavy atom. The van der Waals surface area contributed by atoms with Gasteiger partial charge in [-0.15, -0.1) is 11.3 Å². The molecule has 1 aromatic heterocycles. The van der Waals surface area contributed by atoms with Crippen LogP contribution in [0.2, 0.25) is 0 Å². The first-order valence-electron chi connectivity index (χ1n) is 5.97. The maximum Gasteiger partial charge on any atom is 0.255 e. The second kappa shape index (κ2) is 6.50. The van der Waals surface area contributed by atoms with Crippen molar-refractivity contribution in [1.82, 2.24) is 4.90 Å². The van der Waals surface area contributed by atoms with Crippen LogP contribution in [0.5, 0.6) is 0 Å². The van der Waals surface area contributed by atoms with E-state index in [0.717, 1.165) is 32.5 Å². The van der Waals surface area contributed by atoms with E-state index in [9.17, 15) is 4.79 Å². The summed E-state index contributed by atoms with van der Waals surface area (Å²) in [5.41, 5.74) is 0.740. The zero-order chi connectivity index (χ0) is 13.1. The lowest BCUT2D eigenvalue weighted by Gasteiger charge is -2.32. The molecule has 0 bridgehead atoms. The van der Waals surface area contributed by atoms with Gasteiger partial charge in [0.2, 0.25) is 0 Å². The SMILES string of the molecule is CCOC1CCCN(C(=O)c2cc(Br)sc2Br)C1. The molecule has 2 rings (SSSR count). The van der Waals surface area contributed by atoms with Crippen molar-refractivity contribution in [3.8, 4) is 0 Å². The van der Waals surface area contributed by atoms with Gasteiger partial charge in [0, 0.05) is 19.7 Å². The second-order valence-corrected chi connectivity index (χ2v) is 7.96. The highest BCUT2D eigenvalue weighted by atomic mass is 79.9. The molecule has 1 unspecified atom stereocenters. The number of thiophene rings is 1. The van der Waals surface area contributed by atoms with Crippen molar-refractivity contribution < 1.29 is 9.53 Å². The summed E-state index contributed by atoms with van der Waals surface area (Å²) in [6.07, 6.45) is 2.25. The van der Waals surface area contributed by atoms with Crippen molar-refractivity contribution in [2.45, 2.75) is 25.9 Å². The number of rotatable bonds is 3. The van der Waals surface area contributed by atoms with Gasteiger partial charge in [-0.05, 0) is 57.7 Å². The lowest BCUT2D eigenvalue weighted by atomic mass is 10.1. The van der Waals surface area contributed by atoms with E-state index >= 15 is 0 Å². The monoisotopic (exact) mass is 395 g/mol. The van der Waals surface area contributed by atoms with E-state index in [-0.39, 0.29) is 12.0 Å². The van der Waals surface area contributed by atoms with Crippen LogP contribution in [0.3, 0.4) is 0 Å². The Hall–Kier alpha value is 0.0900. The molecule has 0 N–H and O–H groups in total. The van der Waals surface area contributed by atoms with Gasteiger partial charge in [-0.1, -0.05) is 0 Å². The van der Waals surface area contributed by atoms with Crippen LogP contribution in [0, 0.1) is 0 Å². The van der Waals surface area contributed by atoms with Crippen LogP contribution >= 0.6 is 43.2 Å². The number of likely N-dealkylation sites (tertiary alicyclic amines) is 1. The molecule has 0 aliphatic carbocycles. The van der Waals surface area contributed by atoms with Crippen LogP contribution < -0.4 is 0 Å². The fraction of sp³-hybridized carbons (Fsp3) is 0.583. The van der Waals surface area contributed by atoms with Crippen LogP contribution in [0.1, 0.15) is 30.1 Å². The van der Waals surface area contributed by atoms with E-state index in [0.29, 0.717) is 13.2 Å². The van der Waals surface area contributed by atoms with Crippen molar-refractivity contribution >= 4 is 49.1 Å². The first-order valence-corrected chi connectivity index (χ1v) is 8.37. The Morgan fingerprint density at radius 2 is 2.39 bits per heavy atom. The molecule has 2 heterocycles. The van der Waals surface area contributed by atoms with Crippen LogP contribution in [0.25, 0.3) is 0 Å². The summed E-state index contributed by atoms with van der Waals surface area (Å²) in [5, 5.41) is 0. The van der Waals surface area contributed by atoms with Crippen LogP contribution in [-0.2, 0) is 4.74 Å². The molecule has 0 radical (unpaired) electrons. The summed E-state index contributed by atoms with van der Waals surface area (Å²) in [6, 6.07) is 1.88. The van der Waals surface area contributed by atoms with Crippen molar-refractivity contribution in [2.24, 2.45) is 0 Å². The number of carbonyl (C=O) groups excluding carboxylic acids is 1. The van der Waals surface area contributed by atoms with Gasteiger partial charge in [0.1, 0.15) is 0 Å². The molecule has 1 aliphatic rings. The molecular formula is C12H15Br2NO2S. The summed E-state index contributed by atoms with van der Waals surface area (Å²) in [6.45, 7) is 4.22. The molecule has 1 aliphatic heterocycles. The van der Waals surface area contributed by atoms with Gasteiger partial charge < -0.3 is 9.64 Å². The Labute approximate surface area is 128 Å². The number of halogens is 2. The molecule has 0 aromatic carbocycles. The third kappa shape index (κ3) is 3.35. The van der Waals surface area contributed by atoms with Gasteiger partial charge in [-0.25, -0.2) is 0 Å². The topological polar surface area (TPSA) is 29.5 Å². The molecule has 0 saturated carbocycles. The highest BCUT2D eigenvalue weighted by Crippen LogP contribution is 2.33. The minimum Gasteiger partial charge on any atom is -0.377 e. The predicted molar refractivity (Wildman–Crippen MR) is 80.3 cm³/mol. The summed E-state index contributed by atoms with van der Waals surface area (Å²) >= 11 is 8.37. The third-order valence-electron chi connectivity index (χ3n) is 2.95. The van der Waals surface area contributed by atoms with Crippen molar-refractivity contribution in [2.75, 3.05) is 19.7 Å². The Morgan fingerprint density at radius 1 is 1.61 bits per heavy atom. The fourth-order valence-corrected chi connectivity index (χ4v) is 4.93. The summed E-state index contributed by atoms with van der Waals surface area (Å²) in [7, 11) is 0. The molecule has 1 saturated heterocycles. The molecule has 0 spiro atoms. The normalized spacial score (nSPS) is 20.2. The van der Waals surface area contributed by atoms with Crippen LogP contribution in [0.4, 0.5) is 0 Å². The van der Waals surface area contributed by atoms with E-state index in [1.165, 1.54) is 11.3 Å². The molecular weight excluding hydrogens is 382 g/mol. The maximum atomic E-state index is 12.4. The standard InChI is InChI=1S/C12H15Br2NO2S/c1-2-17-8-4-3-5-15(7-8)12(16)9-6-10(13)18-11(9)14/h6,8H,2-5,7H2,1H3. The Bertz CT molecular complexity index is 434. The first kappa shape index (κ1) is 14.5. The first-order chi connectivity index (χ1) is 8.61. The van der Waals surface area contributed by atoms with Gasteiger partial charge in [0.25, 0.3) is 5.91 Å². The smallest absolute Gasteiger partial charge is 0.255 e. The third-order valence-corrected chi connectivity index (χ3v) is 5.29. The largest absolute Gasteiger partial charge is 0.377 e. The molecule has 18 heavy (non-hydrogen) atoms. The Balaban J connectivity index is 2.06. The minimum absolute atomic E-state index is 0.0910. The number of hydrogen-bond acceptors (Lipinski definition) is 3. The average molecular weight is 397 g/mol. The van der Waals surface area contributed by atoms with E-state index in [1.807, 2.05) is 17.9 Å². The van der Waals surface area contributed by atoms with E-state index in [4.69, 9.17) is 4.74 Å². The van der Waals surface area contributed by atoms with E-state index < -0.39 is 0 Å². The highest BCUT2D eigenvalue weighted by molar-refractivity contribution is 9.12. The zero-order valence-electron chi connectivity index (χ0n) is 10.1. The maximum absolute atomic E-state index is 12.4. The van der Waals surface area contributed by atoms with Gasteiger partial charge in [-0.3, -0.25) is 4.79 Å². The second-order valence-electron chi connectivity index (χ2n) is 4.21. The van der Waals surface area contributed by atoms with Crippen molar-refractivity contribution in [1.29, 1.82) is 0 Å². The molecule has 3 nitrogen and oxygen atoms in total. The van der Waals surface area contributed by atoms with Gasteiger partial charge in [-0.2, -0.15) is 0 Å². The van der Waals surface area contributed by atoms with Gasteiger partial charge in [0.15, 0.2) is 0 Å². The minimum atomic E-state index is 0.0910. The zero-order valence-corrected chi connectivity index (χ0v) is 14.1. The quantitative estimate of drug-likeness (QED) is 0.774. The number of hydrogen-bond donors (Lipinski definition) is 0. The predicted octanol–water partition coefficient (Wildman–Crippen LogP) is 3.91. The molecule has 6 heteroatoms. The van der Waals surface area contributed by atoms with Crippen LogP contribution in [-0.4, -0.2) is 36.6 Å². The Kier molecular flexibility index (Phi) is 5.24. The van der Waals surface area contributed by atoms with Gasteiger partial charge >= 0.3 is 0 Å². The summed E-state index contributed by atoms with van der Waals surface area (Å²) < 4.78 is 7.48. The van der Waals surface area contributed by atoms with Crippen molar-refractivity contribution in [3.63, 3.8) is 0 Å². The molecule has 1 amide bonds. The fourth-order valence-electron chi connectivity index (χ4n) is 2.15. The van der Waals surface area contributed by atoms with Gasteiger partial charge in [0.05, 0.1) is 19.2 Å². The number of amides is 1. The molecule has 1 aromatic rings. The lowest BCUT2D eigenvalue weighted by Crippen LogP contribution is -2.43. The molecule has 100 valence electrons. The number of piperidine rings is 1. The van der Waals surface area contributed by atoms with Crippen LogP contribution in [0.15, 0.2) is 13.6 Å². The average Bonchev–Trinajstić information content (AvgIpc) is 2.68. The molecule has 1 fully saturated rings. The number of carbonyl (C=O) groups is 1. The lowest BCUT2D eigenvalue weighted by molar-refractivity contribution is 0.00723. The van der Waals surface area contributed by atoms with E-state index in [1.54, 1.807) is 0 Å². The molecule has 1 atom stereocenters. The number of nitrogens with zero attached hydrogens (tertiary/aromatic N) is 1. The van der Waals surface area contributed by atoms with Crippen molar-refractivity contribution in [3.05, 3.63) is 19.2 Å². The summed E-state index contributed by atoms with van der Waals surface area (Å²) in [5.74, 6) is 0.0910.